The number of hydrogen-bond acceptors (Lipinski definition) is 2. The SMILES string of the molecule is CCC(C(=O)N[C@H](C(=O)N1CCCC1)c1ccccc1)c1ccc(F)cc1. The molecule has 27 heavy (non-hydrogen) atoms. The van der Waals surface area contributed by atoms with Crippen LogP contribution in [0.25, 0.3) is 0 Å². The third-order valence-electron chi connectivity index (χ3n) is 5.08. The van der Waals surface area contributed by atoms with Crippen LogP contribution in [0, 0.1) is 5.82 Å². The van der Waals surface area contributed by atoms with Gasteiger partial charge in [0.15, 0.2) is 0 Å². The Bertz CT molecular complexity index is 771. The molecule has 2 aromatic carbocycles. The van der Waals surface area contributed by atoms with E-state index in [1.807, 2.05) is 42.2 Å². The van der Waals surface area contributed by atoms with Gasteiger partial charge in [-0.15, -0.1) is 0 Å². The number of likely N-dealkylation sites (tertiary alicyclic amines) is 1. The van der Waals surface area contributed by atoms with Crippen molar-refractivity contribution in [3.8, 4) is 0 Å². The molecule has 5 heteroatoms. The van der Waals surface area contributed by atoms with Gasteiger partial charge in [0.25, 0.3) is 0 Å². The summed E-state index contributed by atoms with van der Waals surface area (Å²) >= 11 is 0. The van der Waals surface area contributed by atoms with Crippen LogP contribution in [-0.2, 0) is 9.59 Å². The molecule has 1 heterocycles. The van der Waals surface area contributed by atoms with Crippen molar-refractivity contribution in [1.82, 2.24) is 10.2 Å². The van der Waals surface area contributed by atoms with E-state index in [-0.39, 0.29) is 17.6 Å². The van der Waals surface area contributed by atoms with Crippen molar-refractivity contribution in [3.63, 3.8) is 0 Å². The van der Waals surface area contributed by atoms with Crippen LogP contribution in [0.4, 0.5) is 4.39 Å². The van der Waals surface area contributed by atoms with Crippen molar-refractivity contribution in [2.45, 2.75) is 38.1 Å². The fourth-order valence-corrected chi connectivity index (χ4v) is 3.56. The summed E-state index contributed by atoms with van der Waals surface area (Å²) in [5.74, 6) is -1.05. The minimum absolute atomic E-state index is 0.0685. The second-order valence-electron chi connectivity index (χ2n) is 6.90. The molecule has 1 aliphatic heterocycles. The Morgan fingerprint density at radius 2 is 1.63 bits per heavy atom. The average Bonchev–Trinajstić information content (AvgIpc) is 3.23. The van der Waals surface area contributed by atoms with E-state index in [9.17, 15) is 14.0 Å². The van der Waals surface area contributed by atoms with E-state index in [2.05, 4.69) is 5.32 Å². The van der Waals surface area contributed by atoms with Crippen LogP contribution in [0.15, 0.2) is 54.6 Å². The minimum atomic E-state index is -0.703. The van der Waals surface area contributed by atoms with Gasteiger partial charge in [0.1, 0.15) is 11.9 Å². The monoisotopic (exact) mass is 368 g/mol. The third kappa shape index (κ3) is 4.54. The summed E-state index contributed by atoms with van der Waals surface area (Å²) in [5, 5.41) is 2.95. The average molecular weight is 368 g/mol. The van der Waals surface area contributed by atoms with Crippen LogP contribution in [-0.4, -0.2) is 29.8 Å². The van der Waals surface area contributed by atoms with Gasteiger partial charge in [0.2, 0.25) is 11.8 Å². The third-order valence-corrected chi connectivity index (χ3v) is 5.08. The quantitative estimate of drug-likeness (QED) is 0.843. The van der Waals surface area contributed by atoms with Crippen LogP contribution >= 0.6 is 0 Å². The Labute approximate surface area is 159 Å². The maximum atomic E-state index is 13.2. The summed E-state index contributed by atoms with van der Waals surface area (Å²) in [4.78, 5) is 27.8. The first-order chi connectivity index (χ1) is 13.1. The van der Waals surface area contributed by atoms with E-state index in [1.54, 1.807) is 12.1 Å². The zero-order valence-electron chi connectivity index (χ0n) is 15.5. The van der Waals surface area contributed by atoms with E-state index in [1.165, 1.54) is 12.1 Å². The molecule has 0 aliphatic carbocycles. The summed E-state index contributed by atoms with van der Waals surface area (Å²) in [6.07, 6.45) is 2.56. The second-order valence-corrected chi connectivity index (χ2v) is 6.90. The smallest absolute Gasteiger partial charge is 0.249 e. The Kier molecular flexibility index (Phi) is 6.22. The van der Waals surface area contributed by atoms with Crippen molar-refractivity contribution in [1.29, 1.82) is 0 Å². The molecule has 1 saturated heterocycles. The van der Waals surface area contributed by atoms with Gasteiger partial charge in [-0.3, -0.25) is 9.59 Å². The van der Waals surface area contributed by atoms with E-state index in [0.717, 1.165) is 37.1 Å². The summed E-state index contributed by atoms with van der Waals surface area (Å²) in [6, 6.07) is 14.6. The van der Waals surface area contributed by atoms with Crippen LogP contribution in [0.5, 0.6) is 0 Å². The van der Waals surface area contributed by atoms with Crippen molar-refractivity contribution in [2.75, 3.05) is 13.1 Å². The first kappa shape index (κ1) is 19.1. The lowest BCUT2D eigenvalue weighted by atomic mass is 9.94. The highest BCUT2D eigenvalue weighted by molar-refractivity contribution is 5.91. The molecule has 2 amide bonds. The zero-order chi connectivity index (χ0) is 19.2. The predicted octanol–water partition coefficient (Wildman–Crippen LogP) is 3.80. The number of halogens is 1. The van der Waals surface area contributed by atoms with Gasteiger partial charge >= 0.3 is 0 Å². The van der Waals surface area contributed by atoms with Crippen molar-refractivity contribution < 1.29 is 14.0 Å². The molecule has 0 bridgehead atoms. The first-order valence-corrected chi connectivity index (χ1v) is 9.49. The number of nitrogens with zero attached hydrogens (tertiary/aromatic N) is 1. The Balaban J connectivity index is 1.82. The Hall–Kier alpha value is -2.69. The summed E-state index contributed by atoms with van der Waals surface area (Å²) in [7, 11) is 0. The Morgan fingerprint density at radius 3 is 2.22 bits per heavy atom. The highest BCUT2D eigenvalue weighted by Gasteiger charge is 2.31. The molecular weight excluding hydrogens is 343 g/mol. The van der Waals surface area contributed by atoms with Gasteiger partial charge in [0.05, 0.1) is 5.92 Å². The second kappa shape index (κ2) is 8.80. The maximum absolute atomic E-state index is 13.2. The highest BCUT2D eigenvalue weighted by atomic mass is 19.1. The van der Waals surface area contributed by atoms with Gasteiger partial charge in [-0.25, -0.2) is 4.39 Å². The predicted molar refractivity (Wildman–Crippen MR) is 103 cm³/mol. The minimum Gasteiger partial charge on any atom is -0.341 e. The fraction of sp³-hybridized carbons (Fsp3) is 0.364. The summed E-state index contributed by atoms with van der Waals surface area (Å²) in [6.45, 7) is 3.37. The lowest BCUT2D eigenvalue weighted by molar-refractivity contribution is -0.136. The molecule has 1 aliphatic rings. The van der Waals surface area contributed by atoms with Crippen LogP contribution in [0.2, 0.25) is 0 Å². The highest BCUT2D eigenvalue weighted by Crippen LogP contribution is 2.24. The molecule has 0 saturated carbocycles. The molecule has 3 rings (SSSR count). The number of hydrogen-bond donors (Lipinski definition) is 1. The van der Waals surface area contributed by atoms with Gasteiger partial charge in [-0.05, 0) is 42.5 Å². The van der Waals surface area contributed by atoms with Gasteiger partial charge < -0.3 is 10.2 Å². The van der Waals surface area contributed by atoms with Gasteiger partial charge in [0, 0.05) is 13.1 Å². The Morgan fingerprint density at radius 1 is 1.00 bits per heavy atom. The molecule has 4 nitrogen and oxygen atoms in total. The molecule has 0 radical (unpaired) electrons. The summed E-state index contributed by atoms with van der Waals surface area (Å²) < 4.78 is 13.2. The number of carbonyl (C=O) groups is 2. The maximum Gasteiger partial charge on any atom is 0.249 e. The first-order valence-electron chi connectivity index (χ1n) is 9.49. The number of carbonyl (C=O) groups excluding carboxylic acids is 2. The fourth-order valence-electron chi connectivity index (χ4n) is 3.56. The number of benzene rings is 2. The molecular formula is C22H25FN2O2. The van der Waals surface area contributed by atoms with Crippen molar-refractivity contribution in [3.05, 3.63) is 71.5 Å². The van der Waals surface area contributed by atoms with E-state index in [4.69, 9.17) is 0 Å². The lowest BCUT2D eigenvalue weighted by Gasteiger charge is -2.26. The van der Waals surface area contributed by atoms with E-state index in [0.29, 0.717) is 6.42 Å². The number of amides is 2. The normalized spacial score (nSPS) is 16.0. The largest absolute Gasteiger partial charge is 0.341 e. The number of nitrogens with one attached hydrogen (secondary N) is 1. The summed E-state index contributed by atoms with van der Waals surface area (Å²) in [5.41, 5.74) is 1.52. The lowest BCUT2D eigenvalue weighted by Crippen LogP contribution is -2.43. The molecule has 0 spiro atoms. The molecule has 1 fully saturated rings. The molecule has 0 aromatic heterocycles. The molecule has 1 unspecified atom stereocenters. The van der Waals surface area contributed by atoms with Crippen molar-refractivity contribution >= 4 is 11.8 Å². The topological polar surface area (TPSA) is 49.4 Å². The van der Waals surface area contributed by atoms with Crippen LogP contribution < -0.4 is 5.32 Å². The number of rotatable bonds is 6. The van der Waals surface area contributed by atoms with Gasteiger partial charge in [-0.1, -0.05) is 49.4 Å². The molecule has 142 valence electrons. The van der Waals surface area contributed by atoms with E-state index >= 15 is 0 Å². The van der Waals surface area contributed by atoms with Crippen LogP contribution in [0.3, 0.4) is 0 Å². The molecule has 1 N–H and O–H groups in total. The van der Waals surface area contributed by atoms with Gasteiger partial charge in [-0.2, -0.15) is 0 Å². The zero-order valence-corrected chi connectivity index (χ0v) is 15.5. The van der Waals surface area contributed by atoms with Crippen LogP contribution in [0.1, 0.15) is 49.3 Å². The molecule has 2 aromatic rings. The van der Waals surface area contributed by atoms with Crippen molar-refractivity contribution in [2.24, 2.45) is 0 Å². The standard InChI is InChI=1S/C22H25FN2O2/c1-2-19(16-10-12-18(23)13-11-16)21(26)24-20(17-8-4-3-5-9-17)22(27)25-14-6-7-15-25/h3-5,8-13,19-20H,2,6-7,14-15H2,1H3,(H,24,26)/t19?,20-/m0/s1. The van der Waals surface area contributed by atoms with E-state index < -0.39 is 12.0 Å². The molecule has 2 atom stereocenters.